The minimum absolute atomic E-state index is 0.00299. The van der Waals surface area contributed by atoms with Crippen LogP contribution in [0, 0.1) is 6.92 Å². The fraction of sp³-hybridized carbons (Fsp3) is 0.188. The molecule has 0 aromatic heterocycles. The van der Waals surface area contributed by atoms with E-state index in [0.29, 0.717) is 23.0 Å². The van der Waals surface area contributed by atoms with E-state index >= 15 is 0 Å². The van der Waals surface area contributed by atoms with E-state index in [0.717, 1.165) is 16.0 Å². The van der Waals surface area contributed by atoms with Gasteiger partial charge in [0, 0.05) is 22.2 Å². The van der Waals surface area contributed by atoms with Gasteiger partial charge in [0.05, 0.1) is 5.75 Å². The van der Waals surface area contributed by atoms with E-state index < -0.39 is 0 Å². The number of rotatable bonds is 5. The molecule has 0 aliphatic carbocycles. The minimum Gasteiger partial charge on any atom is -0.399 e. The highest BCUT2D eigenvalue weighted by Gasteiger charge is 2.05. The molecular weight excluding hydrogens is 304 g/mol. The van der Waals surface area contributed by atoms with Gasteiger partial charge < -0.3 is 11.1 Å². The fourth-order valence-electron chi connectivity index (χ4n) is 1.77. The number of nitrogens with two attached hydrogens (primary N) is 1. The second-order valence-corrected chi connectivity index (χ2v) is 6.17. The molecule has 3 nitrogen and oxygen atoms in total. The molecule has 0 aliphatic rings. The SMILES string of the molecule is Cc1ccc(N)cc1SCC(=O)NCc1ccc(Cl)cc1. The van der Waals surface area contributed by atoms with Crippen molar-refractivity contribution in [1.29, 1.82) is 0 Å². The average molecular weight is 321 g/mol. The Morgan fingerprint density at radius 1 is 1.24 bits per heavy atom. The first-order chi connectivity index (χ1) is 10.0. The maximum atomic E-state index is 11.9. The predicted octanol–water partition coefficient (Wildman–Crippen LogP) is 3.64. The highest BCUT2D eigenvalue weighted by molar-refractivity contribution is 8.00. The molecule has 21 heavy (non-hydrogen) atoms. The number of anilines is 1. The van der Waals surface area contributed by atoms with Gasteiger partial charge in [-0.1, -0.05) is 29.8 Å². The van der Waals surface area contributed by atoms with Crippen LogP contribution in [0.3, 0.4) is 0 Å². The monoisotopic (exact) mass is 320 g/mol. The van der Waals surface area contributed by atoms with Crippen molar-refractivity contribution >= 4 is 35.0 Å². The third kappa shape index (κ3) is 4.99. The Kier molecular flexibility index (Phi) is 5.53. The number of benzene rings is 2. The number of hydrogen-bond acceptors (Lipinski definition) is 3. The van der Waals surface area contributed by atoms with Crippen LogP contribution in [0.25, 0.3) is 0 Å². The molecule has 5 heteroatoms. The van der Waals surface area contributed by atoms with Gasteiger partial charge in [0.1, 0.15) is 0 Å². The molecule has 2 aromatic rings. The largest absolute Gasteiger partial charge is 0.399 e. The zero-order valence-corrected chi connectivity index (χ0v) is 13.3. The van der Waals surface area contributed by atoms with E-state index in [2.05, 4.69) is 5.32 Å². The van der Waals surface area contributed by atoms with E-state index in [1.54, 1.807) is 0 Å². The summed E-state index contributed by atoms with van der Waals surface area (Å²) in [5, 5.41) is 3.58. The van der Waals surface area contributed by atoms with Gasteiger partial charge in [0.25, 0.3) is 0 Å². The Bertz CT molecular complexity index is 629. The lowest BCUT2D eigenvalue weighted by molar-refractivity contribution is -0.118. The van der Waals surface area contributed by atoms with Crippen molar-refractivity contribution in [2.75, 3.05) is 11.5 Å². The summed E-state index contributed by atoms with van der Waals surface area (Å²) in [7, 11) is 0. The molecule has 0 saturated heterocycles. The lowest BCUT2D eigenvalue weighted by Crippen LogP contribution is -2.24. The highest BCUT2D eigenvalue weighted by Crippen LogP contribution is 2.24. The summed E-state index contributed by atoms with van der Waals surface area (Å²) < 4.78 is 0. The standard InChI is InChI=1S/C16H17ClN2OS/c1-11-2-7-14(18)8-15(11)21-10-16(20)19-9-12-3-5-13(17)6-4-12/h2-8H,9-10,18H2,1H3,(H,19,20). The molecule has 2 aromatic carbocycles. The first kappa shape index (κ1) is 15.7. The van der Waals surface area contributed by atoms with E-state index in [1.807, 2.05) is 49.4 Å². The molecule has 0 atom stereocenters. The van der Waals surface area contributed by atoms with Crippen molar-refractivity contribution in [3.63, 3.8) is 0 Å². The molecule has 0 radical (unpaired) electrons. The van der Waals surface area contributed by atoms with Crippen molar-refractivity contribution in [1.82, 2.24) is 5.32 Å². The van der Waals surface area contributed by atoms with Gasteiger partial charge >= 0.3 is 0 Å². The maximum absolute atomic E-state index is 11.9. The zero-order chi connectivity index (χ0) is 15.2. The van der Waals surface area contributed by atoms with Gasteiger partial charge in [-0.15, -0.1) is 11.8 Å². The topological polar surface area (TPSA) is 55.1 Å². The van der Waals surface area contributed by atoms with E-state index in [1.165, 1.54) is 11.8 Å². The van der Waals surface area contributed by atoms with Crippen LogP contribution in [0.4, 0.5) is 5.69 Å². The van der Waals surface area contributed by atoms with Crippen LogP contribution >= 0.6 is 23.4 Å². The van der Waals surface area contributed by atoms with E-state index in [4.69, 9.17) is 17.3 Å². The quantitative estimate of drug-likeness (QED) is 0.653. The van der Waals surface area contributed by atoms with Crippen LogP contribution in [0.1, 0.15) is 11.1 Å². The van der Waals surface area contributed by atoms with Crippen LogP contribution in [-0.4, -0.2) is 11.7 Å². The smallest absolute Gasteiger partial charge is 0.230 e. The van der Waals surface area contributed by atoms with Gasteiger partial charge in [0.2, 0.25) is 5.91 Å². The number of hydrogen-bond donors (Lipinski definition) is 2. The van der Waals surface area contributed by atoms with Crippen LogP contribution in [0.15, 0.2) is 47.4 Å². The van der Waals surface area contributed by atoms with Crippen LogP contribution < -0.4 is 11.1 Å². The Morgan fingerprint density at radius 3 is 2.67 bits per heavy atom. The Hall–Kier alpha value is -1.65. The first-order valence-electron chi connectivity index (χ1n) is 6.54. The summed E-state index contributed by atoms with van der Waals surface area (Å²) in [5.74, 6) is 0.370. The number of aryl methyl sites for hydroxylation is 1. The lowest BCUT2D eigenvalue weighted by Gasteiger charge is -2.08. The van der Waals surface area contributed by atoms with Crippen molar-refractivity contribution in [3.8, 4) is 0 Å². The van der Waals surface area contributed by atoms with Crippen molar-refractivity contribution in [2.45, 2.75) is 18.4 Å². The predicted molar refractivity (Wildman–Crippen MR) is 89.6 cm³/mol. The number of amides is 1. The summed E-state index contributed by atoms with van der Waals surface area (Å²) in [6, 6.07) is 13.1. The molecule has 0 unspecified atom stereocenters. The number of halogens is 1. The maximum Gasteiger partial charge on any atom is 0.230 e. The van der Waals surface area contributed by atoms with Gasteiger partial charge in [-0.25, -0.2) is 0 Å². The summed E-state index contributed by atoms with van der Waals surface area (Å²) in [4.78, 5) is 12.9. The van der Waals surface area contributed by atoms with E-state index in [9.17, 15) is 4.79 Å². The van der Waals surface area contributed by atoms with Gasteiger partial charge in [-0.3, -0.25) is 4.79 Å². The molecule has 1 amide bonds. The number of nitrogen functional groups attached to an aromatic ring is 1. The highest BCUT2D eigenvalue weighted by atomic mass is 35.5. The molecular formula is C16H17ClN2OS. The van der Waals surface area contributed by atoms with Crippen molar-refractivity contribution in [2.24, 2.45) is 0 Å². The Labute approximate surface area is 133 Å². The number of thioether (sulfide) groups is 1. The summed E-state index contributed by atoms with van der Waals surface area (Å²) in [6.45, 7) is 2.51. The van der Waals surface area contributed by atoms with Crippen molar-refractivity contribution in [3.05, 3.63) is 58.6 Å². The molecule has 2 rings (SSSR count). The second kappa shape index (κ2) is 7.38. The fourth-order valence-corrected chi connectivity index (χ4v) is 2.80. The van der Waals surface area contributed by atoms with Gasteiger partial charge in [-0.2, -0.15) is 0 Å². The van der Waals surface area contributed by atoms with Gasteiger partial charge in [0.15, 0.2) is 0 Å². The van der Waals surface area contributed by atoms with Crippen molar-refractivity contribution < 1.29 is 4.79 Å². The first-order valence-corrected chi connectivity index (χ1v) is 7.91. The Morgan fingerprint density at radius 2 is 1.95 bits per heavy atom. The third-order valence-corrected chi connectivity index (χ3v) is 4.38. The third-order valence-electron chi connectivity index (χ3n) is 2.97. The molecule has 0 heterocycles. The molecule has 0 saturated carbocycles. The van der Waals surface area contributed by atoms with Gasteiger partial charge in [-0.05, 0) is 42.3 Å². The molecule has 0 bridgehead atoms. The number of nitrogens with one attached hydrogen (secondary N) is 1. The van der Waals surface area contributed by atoms with Crippen LogP contribution in [-0.2, 0) is 11.3 Å². The van der Waals surface area contributed by atoms with Crippen LogP contribution in [0.5, 0.6) is 0 Å². The number of carbonyl (C=O) groups excluding carboxylic acids is 1. The lowest BCUT2D eigenvalue weighted by atomic mass is 10.2. The zero-order valence-electron chi connectivity index (χ0n) is 11.7. The molecule has 0 aliphatic heterocycles. The normalized spacial score (nSPS) is 10.4. The molecule has 3 N–H and O–H groups in total. The summed E-state index contributed by atoms with van der Waals surface area (Å²) >= 11 is 7.31. The summed E-state index contributed by atoms with van der Waals surface area (Å²) in [6.07, 6.45) is 0. The molecule has 0 fully saturated rings. The molecule has 110 valence electrons. The second-order valence-electron chi connectivity index (χ2n) is 4.72. The number of carbonyl (C=O) groups is 1. The minimum atomic E-state index is -0.00299. The Balaban J connectivity index is 1.82. The van der Waals surface area contributed by atoms with E-state index in [-0.39, 0.29) is 5.91 Å². The molecule has 0 spiro atoms. The average Bonchev–Trinajstić information content (AvgIpc) is 2.47. The van der Waals surface area contributed by atoms with Crippen LogP contribution in [0.2, 0.25) is 5.02 Å². The summed E-state index contributed by atoms with van der Waals surface area (Å²) in [5.41, 5.74) is 8.62.